The number of nitrogens with one attached hydrogen (secondary N) is 1. The van der Waals surface area contributed by atoms with E-state index in [2.05, 4.69) is 37.4 Å². The van der Waals surface area contributed by atoms with Crippen molar-refractivity contribution in [1.29, 1.82) is 0 Å². The summed E-state index contributed by atoms with van der Waals surface area (Å²) in [6.07, 6.45) is 0. The van der Waals surface area contributed by atoms with E-state index >= 15 is 0 Å². The third kappa shape index (κ3) is 4.35. The Labute approximate surface area is 113 Å². The van der Waals surface area contributed by atoms with E-state index in [1.54, 1.807) is 18.8 Å². The molecule has 0 amide bonds. The van der Waals surface area contributed by atoms with Crippen molar-refractivity contribution >= 4 is 17.7 Å². The minimum atomic E-state index is -0.254. The molecule has 0 heterocycles. The highest BCUT2D eigenvalue weighted by Crippen LogP contribution is 2.23. The zero-order valence-electron chi connectivity index (χ0n) is 11.4. The summed E-state index contributed by atoms with van der Waals surface area (Å²) in [6, 6.07) is 6.10. The van der Waals surface area contributed by atoms with Crippen LogP contribution in [0.5, 0.6) is 0 Å². The van der Waals surface area contributed by atoms with Gasteiger partial charge in [-0.1, -0.05) is 17.7 Å². The molecule has 0 saturated carbocycles. The van der Waals surface area contributed by atoms with Crippen LogP contribution in [0.4, 0.5) is 0 Å². The lowest BCUT2D eigenvalue weighted by atomic mass is 10.2. The van der Waals surface area contributed by atoms with E-state index in [-0.39, 0.29) is 12.0 Å². The lowest BCUT2D eigenvalue weighted by Gasteiger charge is -2.15. The fourth-order valence-corrected chi connectivity index (χ4v) is 2.75. The number of likely N-dealkylation sites (N-methyl/N-ethyl adjacent to an activating group) is 1. The van der Waals surface area contributed by atoms with Gasteiger partial charge in [0.1, 0.15) is 6.04 Å². The number of thioether (sulfide) groups is 1. The van der Waals surface area contributed by atoms with Crippen LogP contribution in [-0.2, 0) is 9.53 Å². The molecule has 0 radical (unpaired) electrons. The Kier molecular flexibility index (Phi) is 6.22. The molecule has 1 rings (SSSR count). The van der Waals surface area contributed by atoms with Crippen LogP contribution in [0.1, 0.15) is 18.1 Å². The van der Waals surface area contributed by atoms with Gasteiger partial charge < -0.3 is 10.1 Å². The number of aryl methyl sites for hydroxylation is 2. The Morgan fingerprint density at radius 1 is 1.44 bits per heavy atom. The van der Waals surface area contributed by atoms with Gasteiger partial charge in [-0.05, 0) is 39.4 Å². The molecule has 0 aromatic heterocycles. The molecule has 0 aliphatic heterocycles. The van der Waals surface area contributed by atoms with E-state index in [0.717, 1.165) is 0 Å². The lowest BCUT2D eigenvalue weighted by molar-refractivity contribution is -0.144. The minimum absolute atomic E-state index is 0.183. The molecular weight excluding hydrogens is 246 g/mol. The maximum atomic E-state index is 11.6. The Bertz CT molecular complexity index is 407. The molecule has 3 nitrogen and oxygen atoms in total. The van der Waals surface area contributed by atoms with Crippen molar-refractivity contribution in [3.05, 3.63) is 29.3 Å². The van der Waals surface area contributed by atoms with Crippen LogP contribution >= 0.6 is 11.8 Å². The monoisotopic (exact) mass is 267 g/mol. The number of carbonyl (C=O) groups is 1. The molecule has 1 unspecified atom stereocenters. The van der Waals surface area contributed by atoms with Crippen LogP contribution < -0.4 is 5.32 Å². The van der Waals surface area contributed by atoms with Gasteiger partial charge in [-0.25, -0.2) is 0 Å². The number of hydrogen-bond acceptors (Lipinski definition) is 4. The fourth-order valence-electron chi connectivity index (χ4n) is 1.65. The normalized spacial score (nSPS) is 12.2. The Hall–Kier alpha value is -1.00. The molecule has 0 aliphatic rings. The van der Waals surface area contributed by atoms with Crippen LogP contribution in [0.2, 0.25) is 0 Å². The van der Waals surface area contributed by atoms with Crippen LogP contribution in [0.15, 0.2) is 23.1 Å². The van der Waals surface area contributed by atoms with Gasteiger partial charge in [0.25, 0.3) is 0 Å². The maximum absolute atomic E-state index is 11.6. The van der Waals surface area contributed by atoms with Gasteiger partial charge in [-0.3, -0.25) is 4.79 Å². The van der Waals surface area contributed by atoms with Gasteiger partial charge in [-0.15, -0.1) is 11.8 Å². The number of esters is 1. The Morgan fingerprint density at radius 3 is 2.72 bits per heavy atom. The summed E-state index contributed by atoms with van der Waals surface area (Å²) >= 11 is 1.68. The van der Waals surface area contributed by atoms with Gasteiger partial charge in [-0.2, -0.15) is 0 Å². The van der Waals surface area contributed by atoms with E-state index in [1.165, 1.54) is 16.0 Å². The first-order chi connectivity index (χ1) is 8.58. The van der Waals surface area contributed by atoms with Crippen molar-refractivity contribution in [1.82, 2.24) is 5.32 Å². The van der Waals surface area contributed by atoms with E-state index in [4.69, 9.17) is 4.74 Å². The summed E-state index contributed by atoms with van der Waals surface area (Å²) in [6.45, 7) is 6.41. The number of benzene rings is 1. The van der Waals surface area contributed by atoms with Crippen LogP contribution in [0.25, 0.3) is 0 Å². The molecule has 0 saturated heterocycles. The van der Waals surface area contributed by atoms with E-state index in [9.17, 15) is 4.79 Å². The van der Waals surface area contributed by atoms with Crippen molar-refractivity contribution in [2.75, 3.05) is 19.4 Å². The lowest BCUT2D eigenvalue weighted by Crippen LogP contribution is -2.37. The van der Waals surface area contributed by atoms with Crippen LogP contribution in [-0.4, -0.2) is 31.4 Å². The molecule has 18 heavy (non-hydrogen) atoms. The second kappa shape index (κ2) is 7.44. The maximum Gasteiger partial charge on any atom is 0.323 e. The smallest absolute Gasteiger partial charge is 0.323 e. The van der Waals surface area contributed by atoms with E-state index < -0.39 is 0 Å². The second-order valence-electron chi connectivity index (χ2n) is 4.17. The zero-order chi connectivity index (χ0) is 13.5. The average Bonchev–Trinajstić information content (AvgIpc) is 2.32. The molecule has 0 bridgehead atoms. The Balaban J connectivity index is 2.59. The molecule has 100 valence electrons. The van der Waals surface area contributed by atoms with Crippen LogP contribution in [0, 0.1) is 13.8 Å². The number of rotatable bonds is 6. The predicted molar refractivity (Wildman–Crippen MR) is 76.1 cm³/mol. The van der Waals surface area contributed by atoms with E-state index in [0.29, 0.717) is 12.4 Å². The first-order valence-electron chi connectivity index (χ1n) is 6.12. The summed E-state index contributed by atoms with van der Waals surface area (Å²) < 4.78 is 5.02. The van der Waals surface area contributed by atoms with Crippen LogP contribution in [0.3, 0.4) is 0 Å². The highest BCUT2D eigenvalue weighted by atomic mass is 32.2. The summed E-state index contributed by atoms with van der Waals surface area (Å²) in [5, 5.41) is 2.99. The van der Waals surface area contributed by atoms with Crippen molar-refractivity contribution in [2.24, 2.45) is 0 Å². The number of carbonyl (C=O) groups excluding carboxylic acids is 1. The largest absolute Gasteiger partial charge is 0.465 e. The van der Waals surface area contributed by atoms with Gasteiger partial charge in [0, 0.05) is 10.6 Å². The van der Waals surface area contributed by atoms with E-state index in [1.807, 2.05) is 6.92 Å². The van der Waals surface area contributed by atoms with Crippen molar-refractivity contribution in [3.8, 4) is 0 Å². The predicted octanol–water partition coefficient (Wildman–Crippen LogP) is 2.55. The molecule has 1 aromatic carbocycles. The fraction of sp³-hybridized carbons (Fsp3) is 0.500. The second-order valence-corrected chi connectivity index (χ2v) is 5.24. The Morgan fingerprint density at radius 2 is 2.17 bits per heavy atom. The standard InChI is InChI=1S/C14H21NO2S/c1-5-17-14(16)12(15-4)9-18-13-7-6-10(2)8-11(13)3/h6-8,12,15H,5,9H2,1-4H3. The van der Waals surface area contributed by atoms with Crippen molar-refractivity contribution in [2.45, 2.75) is 31.7 Å². The number of hydrogen-bond donors (Lipinski definition) is 1. The zero-order valence-corrected chi connectivity index (χ0v) is 12.3. The van der Waals surface area contributed by atoms with Crippen molar-refractivity contribution in [3.63, 3.8) is 0 Å². The molecule has 1 aromatic rings. The summed E-state index contributed by atoms with van der Waals surface area (Å²) in [7, 11) is 1.78. The first kappa shape index (κ1) is 15.1. The molecule has 0 fully saturated rings. The van der Waals surface area contributed by atoms with Crippen molar-refractivity contribution < 1.29 is 9.53 Å². The summed E-state index contributed by atoms with van der Waals surface area (Å²) in [5.41, 5.74) is 2.51. The molecule has 4 heteroatoms. The summed E-state index contributed by atoms with van der Waals surface area (Å²) in [4.78, 5) is 12.8. The number of ether oxygens (including phenoxy) is 1. The third-order valence-corrected chi connectivity index (χ3v) is 3.92. The average molecular weight is 267 g/mol. The van der Waals surface area contributed by atoms with Gasteiger partial charge >= 0.3 is 5.97 Å². The van der Waals surface area contributed by atoms with Gasteiger partial charge in [0.05, 0.1) is 6.61 Å². The molecule has 1 atom stereocenters. The quantitative estimate of drug-likeness (QED) is 0.635. The SMILES string of the molecule is CCOC(=O)C(CSc1ccc(C)cc1C)NC. The molecular formula is C14H21NO2S. The topological polar surface area (TPSA) is 38.3 Å². The molecule has 0 spiro atoms. The van der Waals surface area contributed by atoms with Gasteiger partial charge in [0.15, 0.2) is 0 Å². The highest BCUT2D eigenvalue weighted by Gasteiger charge is 2.17. The molecule has 0 aliphatic carbocycles. The highest BCUT2D eigenvalue weighted by molar-refractivity contribution is 7.99. The van der Waals surface area contributed by atoms with Gasteiger partial charge in [0.2, 0.25) is 0 Å². The minimum Gasteiger partial charge on any atom is -0.465 e. The first-order valence-corrected chi connectivity index (χ1v) is 7.11. The molecule has 1 N–H and O–H groups in total. The summed E-state index contributed by atoms with van der Waals surface area (Å²) in [5.74, 6) is 0.497. The third-order valence-electron chi connectivity index (χ3n) is 2.66.